The summed E-state index contributed by atoms with van der Waals surface area (Å²) < 4.78 is 0. The molecule has 0 radical (unpaired) electrons. The summed E-state index contributed by atoms with van der Waals surface area (Å²) in [5, 5.41) is 13.9. The van der Waals surface area contributed by atoms with Crippen LogP contribution in [0.2, 0.25) is 0 Å². The summed E-state index contributed by atoms with van der Waals surface area (Å²) in [7, 11) is 0. The van der Waals surface area contributed by atoms with Gasteiger partial charge >= 0.3 is 5.69 Å². The molecule has 94 valence electrons. The van der Waals surface area contributed by atoms with E-state index in [-0.39, 0.29) is 11.7 Å². The van der Waals surface area contributed by atoms with Crippen LogP contribution in [0, 0.1) is 16.0 Å². The maximum atomic E-state index is 10.8. The highest BCUT2D eigenvalue weighted by atomic mass is 16.6. The van der Waals surface area contributed by atoms with Crippen molar-refractivity contribution >= 4 is 11.5 Å². The van der Waals surface area contributed by atoms with E-state index in [1.807, 2.05) is 6.92 Å². The molecule has 1 heterocycles. The third-order valence-electron chi connectivity index (χ3n) is 2.54. The van der Waals surface area contributed by atoms with Crippen molar-refractivity contribution in [3.63, 3.8) is 0 Å². The van der Waals surface area contributed by atoms with Gasteiger partial charge in [0.1, 0.15) is 0 Å². The summed E-state index contributed by atoms with van der Waals surface area (Å²) in [6, 6.07) is 3.22. The first-order valence-electron chi connectivity index (χ1n) is 5.86. The van der Waals surface area contributed by atoms with Crippen molar-refractivity contribution in [2.45, 2.75) is 39.7 Å². The number of anilines is 1. The molecule has 1 N–H and O–H groups in total. The minimum atomic E-state index is -0.412. The average Bonchev–Trinajstić information content (AvgIpc) is 2.27. The standard InChI is InChI=1S/C12H19N3O2/c1-9(2)6-7-10(3)14-12-11(15(16)17)5-4-8-13-12/h4-5,8-10H,6-7H2,1-3H3,(H,13,14). The quantitative estimate of drug-likeness (QED) is 0.609. The Kier molecular flexibility index (Phi) is 4.87. The number of nitrogens with one attached hydrogen (secondary N) is 1. The molecule has 17 heavy (non-hydrogen) atoms. The molecule has 0 spiro atoms. The van der Waals surface area contributed by atoms with Gasteiger partial charge < -0.3 is 5.32 Å². The monoisotopic (exact) mass is 237 g/mol. The molecule has 0 bridgehead atoms. The first kappa shape index (κ1) is 13.4. The minimum absolute atomic E-state index is 0.0314. The summed E-state index contributed by atoms with van der Waals surface area (Å²) >= 11 is 0. The lowest BCUT2D eigenvalue weighted by Crippen LogP contribution is -2.17. The van der Waals surface area contributed by atoms with Gasteiger partial charge in [0.25, 0.3) is 0 Å². The maximum absolute atomic E-state index is 10.8. The second-order valence-corrected chi connectivity index (χ2v) is 4.64. The van der Waals surface area contributed by atoms with Gasteiger partial charge in [-0.1, -0.05) is 13.8 Å². The van der Waals surface area contributed by atoms with E-state index in [0.717, 1.165) is 12.8 Å². The Morgan fingerprint density at radius 2 is 2.12 bits per heavy atom. The molecule has 0 saturated carbocycles. The number of nitro groups is 1. The zero-order valence-electron chi connectivity index (χ0n) is 10.5. The number of rotatable bonds is 6. The third-order valence-corrected chi connectivity index (χ3v) is 2.54. The summed E-state index contributed by atoms with van der Waals surface area (Å²) in [5.41, 5.74) is 0.0314. The number of hydrogen-bond acceptors (Lipinski definition) is 4. The van der Waals surface area contributed by atoms with Crippen molar-refractivity contribution in [1.29, 1.82) is 0 Å². The normalized spacial score (nSPS) is 12.5. The first-order chi connectivity index (χ1) is 8.00. The van der Waals surface area contributed by atoms with Crippen LogP contribution in [-0.4, -0.2) is 15.9 Å². The average molecular weight is 237 g/mol. The molecule has 1 unspecified atom stereocenters. The zero-order valence-corrected chi connectivity index (χ0v) is 10.5. The fourth-order valence-electron chi connectivity index (χ4n) is 1.54. The fraction of sp³-hybridized carbons (Fsp3) is 0.583. The topological polar surface area (TPSA) is 68.1 Å². The highest BCUT2D eigenvalue weighted by Gasteiger charge is 2.15. The second kappa shape index (κ2) is 6.18. The number of pyridine rings is 1. The van der Waals surface area contributed by atoms with E-state index in [9.17, 15) is 10.1 Å². The van der Waals surface area contributed by atoms with Crippen molar-refractivity contribution in [1.82, 2.24) is 4.98 Å². The van der Waals surface area contributed by atoms with Crippen LogP contribution < -0.4 is 5.32 Å². The molecule has 5 nitrogen and oxygen atoms in total. The molecule has 0 aliphatic rings. The Hall–Kier alpha value is -1.65. The van der Waals surface area contributed by atoms with Gasteiger partial charge in [0.05, 0.1) is 4.92 Å². The van der Waals surface area contributed by atoms with E-state index < -0.39 is 4.92 Å². The van der Waals surface area contributed by atoms with Crippen molar-refractivity contribution in [2.75, 3.05) is 5.32 Å². The van der Waals surface area contributed by atoms with E-state index in [1.54, 1.807) is 12.3 Å². The van der Waals surface area contributed by atoms with Crippen LogP contribution >= 0.6 is 0 Å². The lowest BCUT2D eigenvalue weighted by atomic mass is 10.0. The van der Waals surface area contributed by atoms with E-state index in [0.29, 0.717) is 11.7 Å². The number of aromatic nitrogens is 1. The van der Waals surface area contributed by atoms with Gasteiger partial charge in [-0.2, -0.15) is 0 Å². The van der Waals surface area contributed by atoms with Crippen molar-refractivity contribution in [2.24, 2.45) is 5.92 Å². The van der Waals surface area contributed by atoms with E-state index in [2.05, 4.69) is 24.1 Å². The third kappa shape index (κ3) is 4.38. The van der Waals surface area contributed by atoms with E-state index >= 15 is 0 Å². The number of nitrogens with zero attached hydrogens (tertiary/aromatic N) is 2. The van der Waals surface area contributed by atoms with Gasteiger partial charge in [-0.05, 0) is 31.7 Å². The summed E-state index contributed by atoms with van der Waals surface area (Å²) in [6.45, 7) is 6.34. The zero-order chi connectivity index (χ0) is 12.8. The van der Waals surface area contributed by atoms with Crippen molar-refractivity contribution in [3.8, 4) is 0 Å². The molecule has 1 rings (SSSR count). The molecule has 1 aromatic rings. The molecule has 1 atom stereocenters. The molecule has 0 aliphatic heterocycles. The van der Waals surface area contributed by atoms with Gasteiger partial charge in [-0.3, -0.25) is 10.1 Å². The molecule has 0 fully saturated rings. The SMILES string of the molecule is CC(C)CCC(C)Nc1ncccc1[N+](=O)[O-]. The van der Waals surface area contributed by atoms with Gasteiger partial charge in [0.2, 0.25) is 5.82 Å². The van der Waals surface area contributed by atoms with Crippen LogP contribution in [-0.2, 0) is 0 Å². The lowest BCUT2D eigenvalue weighted by Gasteiger charge is -2.15. The predicted octanol–water partition coefficient (Wildman–Crippen LogP) is 3.23. The summed E-state index contributed by atoms with van der Waals surface area (Å²) in [6.07, 6.45) is 3.63. The largest absolute Gasteiger partial charge is 0.362 e. The highest BCUT2D eigenvalue weighted by molar-refractivity contribution is 5.55. The van der Waals surface area contributed by atoms with Crippen LogP contribution in [0.25, 0.3) is 0 Å². The fourth-order valence-corrected chi connectivity index (χ4v) is 1.54. The Labute approximate surface area is 101 Å². The molecule has 0 aromatic carbocycles. The minimum Gasteiger partial charge on any atom is -0.362 e. The van der Waals surface area contributed by atoms with E-state index in [4.69, 9.17) is 0 Å². The molecular formula is C12H19N3O2. The van der Waals surface area contributed by atoms with Crippen molar-refractivity contribution < 1.29 is 4.92 Å². The van der Waals surface area contributed by atoms with Gasteiger partial charge in [0, 0.05) is 18.3 Å². The summed E-state index contributed by atoms with van der Waals surface area (Å²) in [4.78, 5) is 14.4. The number of hydrogen-bond donors (Lipinski definition) is 1. The first-order valence-corrected chi connectivity index (χ1v) is 5.86. The second-order valence-electron chi connectivity index (χ2n) is 4.64. The van der Waals surface area contributed by atoms with Gasteiger partial charge in [-0.25, -0.2) is 4.98 Å². The lowest BCUT2D eigenvalue weighted by molar-refractivity contribution is -0.384. The van der Waals surface area contributed by atoms with Crippen LogP contribution in [0.15, 0.2) is 18.3 Å². The maximum Gasteiger partial charge on any atom is 0.311 e. The molecule has 0 saturated heterocycles. The predicted molar refractivity (Wildman–Crippen MR) is 68.0 cm³/mol. The molecule has 0 aliphatic carbocycles. The Balaban J connectivity index is 2.64. The van der Waals surface area contributed by atoms with E-state index in [1.165, 1.54) is 6.07 Å². The van der Waals surface area contributed by atoms with Crippen LogP contribution in [0.5, 0.6) is 0 Å². The molecule has 5 heteroatoms. The summed E-state index contributed by atoms with van der Waals surface area (Å²) in [5.74, 6) is 0.992. The van der Waals surface area contributed by atoms with Gasteiger partial charge in [0.15, 0.2) is 0 Å². The molecular weight excluding hydrogens is 218 g/mol. The highest BCUT2D eigenvalue weighted by Crippen LogP contribution is 2.22. The van der Waals surface area contributed by atoms with Gasteiger partial charge in [-0.15, -0.1) is 0 Å². The van der Waals surface area contributed by atoms with Crippen LogP contribution in [0.1, 0.15) is 33.6 Å². The molecule has 0 amide bonds. The van der Waals surface area contributed by atoms with Crippen LogP contribution in [0.4, 0.5) is 11.5 Å². The van der Waals surface area contributed by atoms with Crippen LogP contribution in [0.3, 0.4) is 0 Å². The Morgan fingerprint density at radius 1 is 1.41 bits per heavy atom. The molecule has 1 aromatic heterocycles. The Morgan fingerprint density at radius 3 is 2.71 bits per heavy atom. The smallest absolute Gasteiger partial charge is 0.311 e. The Bertz CT molecular complexity index is 380. The van der Waals surface area contributed by atoms with Crippen molar-refractivity contribution in [3.05, 3.63) is 28.4 Å².